The van der Waals surface area contributed by atoms with E-state index in [-0.39, 0.29) is 29.3 Å². The summed E-state index contributed by atoms with van der Waals surface area (Å²) >= 11 is 0. The fourth-order valence-corrected chi connectivity index (χ4v) is 3.21. The predicted molar refractivity (Wildman–Crippen MR) is 76.9 cm³/mol. The number of aliphatic hydroxyl groups excluding tert-OH is 1. The highest BCUT2D eigenvalue weighted by Crippen LogP contribution is 2.34. The zero-order chi connectivity index (χ0) is 15.9. The molecule has 1 aromatic rings. The van der Waals surface area contributed by atoms with Gasteiger partial charge in [-0.1, -0.05) is 0 Å². The first kappa shape index (κ1) is 15.1. The molecule has 0 saturated carbocycles. The van der Waals surface area contributed by atoms with E-state index in [0.717, 1.165) is 12.5 Å². The lowest BCUT2D eigenvalue weighted by Crippen LogP contribution is -2.42. The molecule has 1 fully saturated rings. The van der Waals surface area contributed by atoms with Gasteiger partial charge in [0, 0.05) is 18.9 Å². The highest BCUT2D eigenvalue weighted by molar-refractivity contribution is 5.95. The number of carbonyl (C=O) groups excluding carboxylic acids is 1. The number of phenols is 2. The number of aromatic hydroxyl groups is 2. The Kier molecular flexibility index (Phi) is 3.97. The van der Waals surface area contributed by atoms with Gasteiger partial charge in [0.2, 0.25) is 0 Å². The van der Waals surface area contributed by atoms with Gasteiger partial charge in [-0.25, -0.2) is 4.79 Å². The van der Waals surface area contributed by atoms with Crippen LogP contribution >= 0.6 is 0 Å². The van der Waals surface area contributed by atoms with Crippen molar-refractivity contribution in [2.45, 2.75) is 57.0 Å². The van der Waals surface area contributed by atoms with Crippen LogP contribution in [0, 0.1) is 0 Å². The highest BCUT2D eigenvalue weighted by Gasteiger charge is 2.35. The van der Waals surface area contributed by atoms with Crippen molar-refractivity contribution in [2.24, 2.45) is 0 Å². The van der Waals surface area contributed by atoms with E-state index < -0.39 is 18.2 Å². The van der Waals surface area contributed by atoms with Gasteiger partial charge >= 0.3 is 5.97 Å². The van der Waals surface area contributed by atoms with Crippen molar-refractivity contribution in [2.75, 3.05) is 0 Å². The smallest absolute Gasteiger partial charge is 0.342 e. The molecule has 3 N–H and O–H groups in total. The molecule has 0 bridgehead atoms. The van der Waals surface area contributed by atoms with Gasteiger partial charge in [-0.2, -0.15) is 0 Å². The zero-order valence-corrected chi connectivity index (χ0v) is 12.4. The molecule has 0 spiro atoms. The van der Waals surface area contributed by atoms with Crippen molar-refractivity contribution >= 4 is 5.97 Å². The Labute approximate surface area is 128 Å². The summed E-state index contributed by atoms with van der Waals surface area (Å²) in [6, 6.07) is 2.58. The van der Waals surface area contributed by atoms with Crippen molar-refractivity contribution in [1.29, 1.82) is 0 Å². The Bertz CT molecular complexity index is 584. The molecule has 6 heteroatoms. The summed E-state index contributed by atoms with van der Waals surface area (Å²) in [6.45, 7) is 1.96. The van der Waals surface area contributed by atoms with Gasteiger partial charge in [0.05, 0.1) is 18.3 Å². The molecule has 4 unspecified atom stereocenters. The van der Waals surface area contributed by atoms with Gasteiger partial charge in [-0.15, -0.1) is 0 Å². The van der Waals surface area contributed by atoms with E-state index in [2.05, 4.69) is 0 Å². The van der Waals surface area contributed by atoms with Crippen LogP contribution in [0.2, 0.25) is 0 Å². The van der Waals surface area contributed by atoms with Crippen LogP contribution in [0.15, 0.2) is 12.1 Å². The molecular weight excluding hydrogens is 288 g/mol. The van der Waals surface area contributed by atoms with Gasteiger partial charge in [0.1, 0.15) is 23.2 Å². The molecule has 3 rings (SSSR count). The summed E-state index contributed by atoms with van der Waals surface area (Å²) in [7, 11) is 0. The second-order valence-electron chi connectivity index (χ2n) is 6.10. The summed E-state index contributed by atoms with van der Waals surface area (Å²) < 4.78 is 11.1. The van der Waals surface area contributed by atoms with E-state index >= 15 is 0 Å². The molecule has 0 aliphatic carbocycles. The van der Waals surface area contributed by atoms with Gasteiger partial charge in [-0.3, -0.25) is 0 Å². The lowest BCUT2D eigenvalue weighted by Gasteiger charge is -2.35. The topological polar surface area (TPSA) is 96.2 Å². The Morgan fingerprint density at radius 2 is 2.05 bits per heavy atom. The lowest BCUT2D eigenvalue weighted by molar-refractivity contribution is -0.125. The molecule has 2 aliphatic heterocycles. The van der Waals surface area contributed by atoms with Crippen LogP contribution in [0.1, 0.15) is 42.1 Å². The quantitative estimate of drug-likeness (QED) is 0.717. The molecule has 120 valence electrons. The SMILES string of the molecule is CC1CCC(O)C(CC2Cc3cc(O)cc(O)c3C(=O)O2)O1. The molecule has 0 aromatic heterocycles. The first-order chi connectivity index (χ1) is 10.4. The number of carbonyl (C=O) groups is 1. The average molecular weight is 308 g/mol. The number of rotatable bonds is 2. The fourth-order valence-electron chi connectivity index (χ4n) is 3.21. The third-order valence-electron chi connectivity index (χ3n) is 4.31. The van der Waals surface area contributed by atoms with Crippen LogP contribution in [0.4, 0.5) is 0 Å². The molecule has 22 heavy (non-hydrogen) atoms. The standard InChI is InChI=1S/C16H20O6/c1-8-2-3-12(18)14(21-8)7-11-5-9-4-10(17)6-13(19)15(9)16(20)22-11/h4,6,8,11-12,14,17-19H,2-3,5,7H2,1H3. The van der Waals surface area contributed by atoms with E-state index in [9.17, 15) is 20.1 Å². The molecule has 0 amide bonds. The van der Waals surface area contributed by atoms with Crippen molar-refractivity contribution < 1.29 is 29.6 Å². The van der Waals surface area contributed by atoms with Crippen LogP contribution in [0.3, 0.4) is 0 Å². The number of hydrogen-bond acceptors (Lipinski definition) is 6. The van der Waals surface area contributed by atoms with Gasteiger partial charge in [0.15, 0.2) is 0 Å². The summed E-state index contributed by atoms with van der Waals surface area (Å²) in [5.74, 6) is -0.976. The number of ether oxygens (including phenoxy) is 2. The highest BCUT2D eigenvalue weighted by atomic mass is 16.6. The maximum absolute atomic E-state index is 12.0. The zero-order valence-electron chi connectivity index (χ0n) is 12.4. The summed E-state index contributed by atoms with van der Waals surface area (Å²) in [5.41, 5.74) is 0.657. The molecule has 0 radical (unpaired) electrons. The van der Waals surface area contributed by atoms with Crippen LogP contribution in [0.25, 0.3) is 0 Å². The average Bonchev–Trinajstić information content (AvgIpc) is 2.41. The maximum atomic E-state index is 12.0. The van der Waals surface area contributed by atoms with Gasteiger partial charge < -0.3 is 24.8 Å². The van der Waals surface area contributed by atoms with Crippen molar-refractivity contribution in [1.82, 2.24) is 0 Å². The van der Waals surface area contributed by atoms with E-state index in [4.69, 9.17) is 9.47 Å². The van der Waals surface area contributed by atoms with E-state index in [1.54, 1.807) is 0 Å². The van der Waals surface area contributed by atoms with E-state index in [1.165, 1.54) is 6.07 Å². The molecule has 1 aromatic carbocycles. The predicted octanol–water partition coefficient (Wildman–Crippen LogP) is 1.50. The Hall–Kier alpha value is -1.79. The van der Waals surface area contributed by atoms with E-state index in [1.807, 2.05) is 6.92 Å². The molecule has 4 atom stereocenters. The Morgan fingerprint density at radius 3 is 2.82 bits per heavy atom. The van der Waals surface area contributed by atoms with Crippen LogP contribution in [-0.4, -0.2) is 45.7 Å². The first-order valence-corrected chi connectivity index (χ1v) is 7.53. The van der Waals surface area contributed by atoms with Crippen LogP contribution in [-0.2, 0) is 15.9 Å². The first-order valence-electron chi connectivity index (χ1n) is 7.53. The third kappa shape index (κ3) is 2.89. The maximum Gasteiger partial charge on any atom is 0.342 e. The van der Waals surface area contributed by atoms with Crippen molar-refractivity contribution in [3.8, 4) is 11.5 Å². The number of cyclic esters (lactones) is 1. The Morgan fingerprint density at radius 1 is 1.27 bits per heavy atom. The lowest BCUT2D eigenvalue weighted by atomic mass is 9.91. The van der Waals surface area contributed by atoms with Crippen LogP contribution in [0.5, 0.6) is 11.5 Å². The molecule has 2 aliphatic rings. The summed E-state index contributed by atoms with van der Waals surface area (Å²) in [4.78, 5) is 12.0. The second kappa shape index (κ2) is 5.78. The summed E-state index contributed by atoms with van der Waals surface area (Å²) in [5, 5.41) is 29.4. The number of aliphatic hydroxyl groups is 1. The Balaban J connectivity index is 1.76. The van der Waals surface area contributed by atoms with Crippen molar-refractivity contribution in [3.05, 3.63) is 23.3 Å². The van der Waals surface area contributed by atoms with Gasteiger partial charge in [0.25, 0.3) is 0 Å². The largest absolute Gasteiger partial charge is 0.508 e. The molecular formula is C16H20O6. The van der Waals surface area contributed by atoms with E-state index in [0.29, 0.717) is 24.8 Å². The molecule has 2 heterocycles. The minimum atomic E-state index is -0.609. The number of fused-ring (bicyclic) bond motifs is 1. The molecule has 1 saturated heterocycles. The van der Waals surface area contributed by atoms with Gasteiger partial charge in [-0.05, 0) is 31.4 Å². The molecule has 6 nitrogen and oxygen atoms in total. The number of esters is 1. The second-order valence-corrected chi connectivity index (χ2v) is 6.10. The third-order valence-corrected chi connectivity index (χ3v) is 4.31. The summed E-state index contributed by atoms with van der Waals surface area (Å²) in [6.07, 6.45) is 0.969. The monoisotopic (exact) mass is 308 g/mol. The number of phenolic OH excluding ortho intramolecular Hbond substituents is 2. The number of benzene rings is 1. The normalized spacial score (nSPS) is 31.5. The van der Waals surface area contributed by atoms with Crippen LogP contribution < -0.4 is 0 Å². The number of hydrogen-bond donors (Lipinski definition) is 3. The van der Waals surface area contributed by atoms with Crippen molar-refractivity contribution in [3.63, 3.8) is 0 Å². The minimum absolute atomic E-state index is 0.0769. The minimum Gasteiger partial charge on any atom is -0.508 e. The fraction of sp³-hybridized carbons (Fsp3) is 0.562.